The molecule has 0 aromatic carbocycles. The molecule has 0 rings (SSSR count). The van der Waals surface area contributed by atoms with Crippen molar-refractivity contribution in [3.63, 3.8) is 0 Å². The Hall–Kier alpha value is -0.280. The van der Waals surface area contributed by atoms with Crippen LogP contribution in [0.25, 0.3) is 0 Å². The van der Waals surface area contributed by atoms with Gasteiger partial charge in [-0.3, -0.25) is 5.41 Å². The molecule has 0 radical (unpaired) electrons. The van der Waals surface area contributed by atoms with E-state index in [9.17, 15) is 0 Å². The van der Waals surface area contributed by atoms with E-state index < -0.39 is 0 Å². The molecule has 4 heteroatoms. The molecule has 6 heavy (non-hydrogen) atoms. The predicted molar refractivity (Wildman–Crippen MR) is 28.4 cm³/mol. The molecular formula is C2H9ClN2O. The lowest BCUT2D eigenvalue weighted by Crippen LogP contribution is -2.00. The quantitative estimate of drug-likeness (QED) is 0.323. The second-order valence-electron chi connectivity index (χ2n) is 0.683. The van der Waals surface area contributed by atoms with Crippen molar-refractivity contribution in [3.05, 3.63) is 0 Å². The van der Waals surface area contributed by atoms with E-state index in [1.165, 1.54) is 6.92 Å². The first-order valence-corrected chi connectivity index (χ1v) is 1.04. The maximum Gasteiger partial charge on any atom is 0.0873 e. The Morgan fingerprint density at radius 2 is 1.67 bits per heavy atom. The van der Waals surface area contributed by atoms with Crippen LogP contribution in [0, 0.1) is 5.41 Å². The lowest BCUT2D eigenvalue weighted by Gasteiger charge is -1.66. The first-order chi connectivity index (χ1) is 1.73. The van der Waals surface area contributed by atoms with Crippen molar-refractivity contribution in [3.8, 4) is 0 Å². The molecule has 0 saturated carbocycles. The van der Waals surface area contributed by atoms with Gasteiger partial charge >= 0.3 is 0 Å². The molecule has 0 aliphatic carbocycles. The third-order valence-corrected chi connectivity index (χ3v) is 0. The predicted octanol–water partition coefficient (Wildman–Crippen LogP) is -0.461. The van der Waals surface area contributed by atoms with Gasteiger partial charge in [0.1, 0.15) is 0 Å². The maximum atomic E-state index is 6.28. The summed E-state index contributed by atoms with van der Waals surface area (Å²) in [5, 5.41) is 6.28. The van der Waals surface area contributed by atoms with Crippen LogP contribution >= 0.6 is 12.4 Å². The van der Waals surface area contributed by atoms with Gasteiger partial charge in [-0.05, 0) is 6.92 Å². The summed E-state index contributed by atoms with van der Waals surface area (Å²) in [4.78, 5) is 0. The largest absolute Gasteiger partial charge is 0.412 e. The molecule has 40 valence electrons. The summed E-state index contributed by atoms with van der Waals surface area (Å²) in [7, 11) is 0. The smallest absolute Gasteiger partial charge is 0.0873 e. The first kappa shape index (κ1) is 17.2. The monoisotopic (exact) mass is 112 g/mol. The van der Waals surface area contributed by atoms with Gasteiger partial charge in [0.2, 0.25) is 0 Å². The van der Waals surface area contributed by atoms with E-state index >= 15 is 0 Å². The fourth-order valence-electron chi connectivity index (χ4n) is 0. The zero-order valence-electron chi connectivity index (χ0n) is 3.49. The molecule has 0 heterocycles. The minimum atomic E-state index is 0. The summed E-state index contributed by atoms with van der Waals surface area (Å²) in [6, 6.07) is 0. The van der Waals surface area contributed by atoms with Gasteiger partial charge in [-0.25, -0.2) is 0 Å². The Morgan fingerprint density at radius 3 is 1.67 bits per heavy atom. The van der Waals surface area contributed by atoms with Gasteiger partial charge in [-0.1, -0.05) is 0 Å². The maximum absolute atomic E-state index is 6.28. The van der Waals surface area contributed by atoms with Gasteiger partial charge in [0, 0.05) is 0 Å². The molecule has 5 N–H and O–H groups in total. The average Bonchev–Trinajstić information content (AvgIpc) is 0.811. The van der Waals surface area contributed by atoms with Crippen LogP contribution in [0.15, 0.2) is 0 Å². The highest BCUT2D eigenvalue weighted by Crippen LogP contribution is 1.36. The average molecular weight is 113 g/mol. The second-order valence-corrected chi connectivity index (χ2v) is 0.683. The summed E-state index contributed by atoms with van der Waals surface area (Å²) in [6.45, 7) is 1.53. The molecule has 0 saturated heterocycles. The lowest BCUT2D eigenvalue weighted by atomic mass is 10.8. The summed E-state index contributed by atoms with van der Waals surface area (Å²) >= 11 is 0. The number of amidine groups is 1. The molecule has 0 aliphatic heterocycles. The molecule has 0 unspecified atom stereocenters. The Balaban J connectivity index is -0.0000000450. The van der Waals surface area contributed by atoms with E-state index in [4.69, 9.17) is 11.1 Å². The molecule has 3 nitrogen and oxygen atoms in total. The fourth-order valence-corrected chi connectivity index (χ4v) is 0. The van der Waals surface area contributed by atoms with Crippen LogP contribution in [0.2, 0.25) is 0 Å². The highest BCUT2D eigenvalue weighted by Gasteiger charge is 1.53. The zero-order valence-corrected chi connectivity index (χ0v) is 4.30. The topological polar surface area (TPSA) is 81.4 Å². The number of halogens is 1. The molecule has 0 amide bonds. The van der Waals surface area contributed by atoms with E-state index in [-0.39, 0.29) is 23.7 Å². The number of nitrogens with one attached hydrogen (secondary N) is 1. The summed E-state index contributed by atoms with van der Waals surface area (Å²) in [5.74, 6) is 0.167. The molecule has 0 aromatic heterocycles. The normalized spacial score (nSPS) is 4.17. The van der Waals surface area contributed by atoms with E-state index in [2.05, 4.69) is 0 Å². The van der Waals surface area contributed by atoms with Crippen LogP contribution < -0.4 is 5.73 Å². The first-order valence-electron chi connectivity index (χ1n) is 1.04. The molecule has 0 fully saturated rings. The number of nitrogens with two attached hydrogens (primary N) is 1. The molecule has 0 bridgehead atoms. The molecule has 0 atom stereocenters. The van der Waals surface area contributed by atoms with Crippen molar-refractivity contribution in [2.24, 2.45) is 5.73 Å². The minimum absolute atomic E-state index is 0. The third-order valence-electron chi connectivity index (χ3n) is 0. The highest BCUT2D eigenvalue weighted by atomic mass is 35.5. The van der Waals surface area contributed by atoms with Gasteiger partial charge in [-0.2, -0.15) is 0 Å². The van der Waals surface area contributed by atoms with Gasteiger partial charge in [0.05, 0.1) is 5.84 Å². The van der Waals surface area contributed by atoms with E-state index in [0.717, 1.165) is 0 Å². The van der Waals surface area contributed by atoms with E-state index in [1.807, 2.05) is 0 Å². The fraction of sp³-hybridized carbons (Fsp3) is 0.500. The number of rotatable bonds is 0. The van der Waals surface area contributed by atoms with Crippen molar-refractivity contribution in [2.75, 3.05) is 0 Å². The van der Waals surface area contributed by atoms with Crippen molar-refractivity contribution in [1.29, 1.82) is 5.41 Å². The Bertz CT molecular complexity index is 34.5. The van der Waals surface area contributed by atoms with Gasteiger partial charge in [0.15, 0.2) is 0 Å². The molecule has 0 spiro atoms. The summed E-state index contributed by atoms with van der Waals surface area (Å²) < 4.78 is 0. The molecule has 0 aliphatic rings. The SMILES string of the molecule is CC(=N)N.Cl.O. The number of hydrogen-bond acceptors (Lipinski definition) is 1. The van der Waals surface area contributed by atoms with Crippen LogP contribution in [-0.4, -0.2) is 11.3 Å². The Kier molecular flexibility index (Phi) is 25.3. The second kappa shape index (κ2) is 8.83. The molecular weight excluding hydrogens is 103 g/mol. The van der Waals surface area contributed by atoms with Crippen LogP contribution in [0.3, 0.4) is 0 Å². The van der Waals surface area contributed by atoms with E-state index in [1.54, 1.807) is 0 Å². The lowest BCUT2D eigenvalue weighted by molar-refractivity contribution is 0.824. The summed E-state index contributed by atoms with van der Waals surface area (Å²) in [5.41, 5.74) is 4.69. The van der Waals surface area contributed by atoms with Crippen LogP contribution in [0.1, 0.15) is 6.92 Å². The summed E-state index contributed by atoms with van der Waals surface area (Å²) in [6.07, 6.45) is 0. The Morgan fingerprint density at radius 1 is 1.67 bits per heavy atom. The van der Waals surface area contributed by atoms with Crippen LogP contribution in [0.4, 0.5) is 0 Å². The highest BCUT2D eigenvalue weighted by molar-refractivity contribution is 5.85. The van der Waals surface area contributed by atoms with Gasteiger partial charge < -0.3 is 11.2 Å². The Labute approximate surface area is 42.8 Å². The van der Waals surface area contributed by atoms with Crippen molar-refractivity contribution >= 4 is 18.2 Å². The van der Waals surface area contributed by atoms with E-state index in [0.29, 0.717) is 0 Å². The van der Waals surface area contributed by atoms with Gasteiger partial charge in [-0.15, -0.1) is 12.4 Å². The van der Waals surface area contributed by atoms with Gasteiger partial charge in [0.25, 0.3) is 0 Å². The van der Waals surface area contributed by atoms with Crippen molar-refractivity contribution in [1.82, 2.24) is 0 Å². The van der Waals surface area contributed by atoms with Crippen LogP contribution in [-0.2, 0) is 0 Å². The van der Waals surface area contributed by atoms with Crippen LogP contribution in [0.5, 0.6) is 0 Å². The van der Waals surface area contributed by atoms with Crippen molar-refractivity contribution < 1.29 is 5.48 Å². The number of hydrogen-bond donors (Lipinski definition) is 2. The molecule has 0 aromatic rings. The van der Waals surface area contributed by atoms with Crippen molar-refractivity contribution in [2.45, 2.75) is 6.92 Å². The standard InChI is InChI=1S/C2H6N2.ClH.H2O/c1-2(3)4;;/h1H3,(H3,3,4);1H;1H2. The zero-order chi connectivity index (χ0) is 3.58. The minimum Gasteiger partial charge on any atom is -0.412 e. The third kappa shape index (κ3) is 351.